The van der Waals surface area contributed by atoms with Crippen LogP contribution in [0, 0.1) is 0 Å². The highest BCUT2D eigenvalue weighted by Crippen LogP contribution is 2.33. The lowest BCUT2D eigenvalue weighted by Gasteiger charge is -2.27. The molecule has 1 aliphatic rings. The molecule has 2 N–H and O–H groups in total. The minimum absolute atomic E-state index is 0.0147. The number of aliphatic carboxylic acids is 1. The maximum absolute atomic E-state index is 15.4. The van der Waals surface area contributed by atoms with Crippen molar-refractivity contribution in [1.82, 2.24) is 10.3 Å². The maximum atomic E-state index is 15.4. The van der Waals surface area contributed by atoms with Gasteiger partial charge in [-0.1, -0.05) is 60.2 Å². The van der Waals surface area contributed by atoms with Gasteiger partial charge in [-0.05, 0) is 40.8 Å². The summed E-state index contributed by atoms with van der Waals surface area (Å²) in [4.78, 5) is 28.5. The van der Waals surface area contributed by atoms with Gasteiger partial charge in [-0.15, -0.1) is 0 Å². The van der Waals surface area contributed by atoms with Crippen molar-refractivity contribution in [1.29, 1.82) is 0 Å². The van der Waals surface area contributed by atoms with E-state index in [0.717, 1.165) is 21.9 Å². The molecule has 0 saturated heterocycles. The highest BCUT2D eigenvalue weighted by Gasteiger charge is 2.35. The van der Waals surface area contributed by atoms with E-state index in [1.165, 1.54) is 6.08 Å². The molecular formula is C25H20ClFN2O3. The molecule has 162 valence electrons. The number of carbonyl (C=O) groups is 2. The van der Waals surface area contributed by atoms with Crippen LogP contribution in [-0.4, -0.2) is 33.7 Å². The summed E-state index contributed by atoms with van der Waals surface area (Å²) in [6.07, 6.45) is 5.79. The van der Waals surface area contributed by atoms with Gasteiger partial charge in [-0.3, -0.25) is 9.78 Å². The van der Waals surface area contributed by atoms with E-state index in [0.29, 0.717) is 5.02 Å². The normalized spacial score (nSPS) is 18.8. The number of pyridine rings is 1. The molecule has 2 aromatic carbocycles. The van der Waals surface area contributed by atoms with Crippen LogP contribution in [0.25, 0.3) is 16.3 Å². The minimum Gasteiger partial charge on any atom is -0.480 e. The van der Waals surface area contributed by atoms with Gasteiger partial charge < -0.3 is 10.4 Å². The number of rotatable bonds is 6. The summed E-state index contributed by atoms with van der Waals surface area (Å²) in [7, 11) is 0. The molecule has 3 aromatic rings. The average molecular weight is 451 g/mol. The van der Waals surface area contributed by atoms with Crippen molar-refractivity contribution in [3.8, 4) is 0 Å². The van der Waals surface area contributed by atoms with Crippen LogP contribution in [0.1, 0.15) is 28.9 Å². The molecule has 0 aliphatic heterocycles. The van der Waals surface area contributed by atoms with Crippen molar-refractivity contribution >= 4 is 39.8 Å². The smallest absolute Gasteiger partial charge is 0.326 e. The van der Waals surface area contributed by atoms with Gasteiger partial charge in [0.1, 0.15) is 17.4 Å². The predicted octanol–water partition coefficient (Wildman–Crippen LogP) is 5.21. The monoisotopic (exact) mass is 450 g/mol. The Kier molecular flexibility index (Phi) is 6.06. The Morgan fingerprint density at radius 1 is 1.16 bits per heavy atom. The summed E-state index contributed by atoms with van der Waals surface area (Å²) in [5, 5.41) is 14.2. The van der Waals surface area contributed by atoms with Gasteiger partial charge in [0.15, 0.2) is 0 Å². The Bertz CT molecular complexity index is 1260. The molecule has 0 saturated carbocycles. The third-order valence-electron chi connectivity index (χ3n) is 5.39. The molecule has 2 atom stereocenters. The van der Waals surface area contributed by atoms with Crippen molar-refractivity contribution in [3.63, 3.8) is 0 Å². The summed E-state index contributed by atoms with van der Waals surface area (Å²) in [5.41, 5.74) is -0.182. The summed E-state index contributed by atoms with van der Waals surface area (Å²) < 4.78 is 15.4. The lowest BCUT2D eigenvalue weighted by Crippen LogP contribution is -2.45. The first-order valence-corrected chi connectivity index (χ1v) is 10.4. The van der Waals surface area contributed by atoms with E-state index >= 15 is 4.39 Å². The van der Waals surface area contributed by atoms with E-state index in [9.17, 15) is 14.7 Å². The van der Waals surface area contributed by atoms with Crippen LogP contribution in [0.15, 0.2) is 79.0 Å². The van der Waals surface area contributed by atoms with Crippen LogP contribution in [0.3, 0.4) is 0 Å². The van der Waals surface area contributed by atoms with Gasteiger partial charge >= 0.3 is 5.97 Å². The second-order valence-electron chi connectivity index (χ2n) is 7.73. The maximum Gasteiger partial charge on any atom is 0.326 e. The molecule has 5 nitrogen and oxygen atoms in total. The second-order valence-corrected chi connectivity index (χ2v) is 8.16. The molecule has 0 bridgehead atoms. The Morgan fingerprint density at radius 3 is 2.62 bits per heavy atom. The average Bonchev–Trinajstić information content (AvgIpc) is 2.78. The zero-order valence-corrected chi connectivity index (χ0v) is 17.7. The highest BCUT2D eigenvalue weighted by molar-refractivity contribution is 6.30. The number of halogens is 2. The van der Waals surface area contributed by atoms with Crippen molar-refractivity contribution < 1.29 is 19.1 Å². The van der Waals surface area contributed by atoms with Crippen LogP contribution in [0.5, 0.6) is 0 Å². The predicted molar refractivity (Wildman–Crippen MR) is 122 cm³/mol. The lowest BCUT2D eigenvalue weighted by atomic mass is 9.86. The number of aromatic nitrogens is 1. The number of nitrogens with zero attached hydrogens (tertiary/aromatic N) is 1. The quantitative estimate of drug-likeness (QED) is 0.540. The van der Waals surface area contributed by atoms with E-state index in [1.54, 1.807) is 42.6 Å². The molecule has 32 heavy (non-hydrogen) atoms. The molecule has 1 amide bonds. The molecule has 1 heterocycles. The van der Waals surface area contributed by atoms with Gasteiger partial charge in [-0.25, -0.2) is 9.18 Å². The second kappa shape index (κ2) is 8.93. The number of carboxylic acids is 1. The molecule has 1 unspecified atom stereocenters. The number of carboxylic acid groups (broad SMARTS) is 1. The summed E-state index contributed by atoms with van der Waals surface area (Å²) in [6.45, 7) is 0. The minimum atomic E-state index is -1.91. The first-order chi connectivity index (χ1) is 15.3. The SMILES string of the molecule is O=C(N[C@@H](CC1(F)C=CC(c2cccc(Cl)c2)=CC1)C(=O)O)c1cc2ccccc2cn1. The molecular weight excluding hydrogens is 431 g/mol. The third-order valence-corrected chi connectivity index (χ3v) is 5.63. The van der Waals surface area contributed by atoms with Crippen LogP contribution < -0.4 is 5.32 Å². The number of hydrogen-bond donors (Lipinski definition) is 2. The topological polar surface area (TPSA) is 79.3 Å². The van der Waals surface area contributed by atoms with Crippen molar-refractivity contribution in [2.24, 2.45) is 0 Å². The molecule has 0 spiro atoms. The van der Waals surface area contributed by atoms with E-state index in [4.69, 9.17) is 11.6 Å². The number of benzene rings is 2. The van der Waals surface area contributed by atoms with E-state index in [1.807, 2.05) is 30.3 Å². The van der Waals surface area contributed by atoms with Gasteiger partial charge in [0.2, 0.25) is 0 Å². The Balaban J connectivity index is 1.47. The van der Waals surface area contributed by atoms with E-state index in [-0.39, 0.29) is 12.1 Å². The van der Waals surface area contributed by atoms with Crippen molar-refractivity contribution in [2.75, 3.05) is 0 Å². The molecule has 1 aromatic heterocycles. The molecule has 4 rings (SSSR count). The highest BCUT2D eigenvalue weighted by atomic mass is 35.5. The fraction of sp³-hybridized carbons (Fsp3) is 0.160. The van der Waals surface area contributed by atoms with Crippen LogP contribution in [0.4, 0.5) is 4.39 Å². The zero-order chi connectivity index (χ0) is 22.7. The van der Waals surface area contributed by atoms with E-state index < -0.39 is 30.0 Å². The number of nitrogens with one attached hydrogen (secondary N) is 1. The Hall–Kier alpha value is -3.51. The van der Waals surface area contributed by atoms with E-state index in [2.05, 4.69) is 10.3 Å². The van der Waals surface area contributed by atoms with Gasteiger partial charge in [-0.2, -0.15) is 0 Å². The Morgan fingerprint density at radius 2 is 1.94 bits per heavy atom. The fourth-order valence-electron chi connectivity index (χ4n) is 3.67. The van der Waals surface area contributed by atoms with Crippen molar-refractivity contribution in [2.45, 2.75) is 24.6 Å². The van der Waals surface area contributed by atoms with Gasteiger partial charge in [0, 0.05) is 29.4 Å². The lowest BCUT2D eigenvalue weighted by molar-refractivity contribution is -0.140. The van der Waals surface area contributed by atoms with Crippen LogP contribution >= 0.6 is 11.6 Å². The standard InChI is InChI=1S/C25H20ClFN2O3/c26-20-7-3-6-17(12-20)16-8-10-25(27,11-9-16)14-22(24(31)32)29-23(30)21-13-18-4-1-2-5-19(18)15-28-21/h1-10,12-13,15,22H,11,14H2,(H,29,30)(H,31,32)/t22-,25?/m0/s1. The Labute approximate surface area is 189 Å². The third kappa shape index (κ3) is 4.86. The number of hydrogen-bond acceptors (Lipinski definition) is 3. The van der Waals surface area contributed by atoms with Crippen LogP contribution in [0.2, 0.25) is 5.02 Å². The number of carbonyl (C=O) groups excluding carboxylic acids is 1. The summed E-state index contributed by atoms with van der Waals surface area (Å²) >= 11 is 6.02. The van der Waals surface area contributed by atoms with Crippen LogP contribution in [-0.2, 0) is 4.79 Å². The summed E-state index contributed by atoms with van der Waals surface area (Å²) in [6, 6.07) is 14.7. The number of allylic oxidation sites excluding steroid dienone is 4. The largest absolute Gasteiger partial charge is 0.480 e. The molecule has 7 heteroatoms. The fourth-order valence-corrected chi connectivity index (χ4v) is 3.86. The molecule has 1 aliphatic carbocycles. The van der Waals surface area contributed by atoms with Gasteiger partial charge in [0.05, 0.1) is 0 Å². The number of alkyl halides is 1. The molecule has 0 fully saturated rings. The summed E-state index contributed by atoms with van der Waals surface area (Å²) in [5.74, 6) is -1.98. The number of fused-ring (bicyclic) bond motifs is 1. The van der Waals surface area contributed by atoms with Gasteiger partial charge in [0.25, 0.3) is 5.91 Å². The first-order valence-electron chi connectivity index (χ1n) is 10.1. The molecule has 0 radical (unpaired) electrons. The van der Waals surface area contributed by atoms with Crippen molar-refractivity contribution in [3.05, 3.63) is 95.3 Å². The number of amides is 1. The first kappa shape index (κ1) is 21.7. The zero-order valence-electron chi connectivity index (χ0n) is 17.0.